The number of morpholine rings is 1. The van der Waals surface area contributed by atoms with E-state index in [1.807, 2.05) is 4.68 Å². The number of hydrogen-bond donors (Lipinski definition) is 1. The van der Waals surface area contributed by atoms with Gasteiger partial charge < -0.3 is 10.1 Å². The van der Waals surface area contributed by atoms with Crippen LogP contribution in [0.1, 0.15) is 30.0 Å². The average Bonchev–Trinajstić information content (AvgIpc) is 3.44. The fourth-order valence-corrected chi connectivity index (χ4v) is 3.76. The molecule has 1 aliphatic carbocycles. The molecule has 1 saturated heterocycles. The molecule has 0 radical (unpaired) electrons. The molecule has 144 valence electrons. The molecule has 8 nitrogen and oxygen atoms in total. The molecule has 1 aromatic heterocycles. The zero-order valence-corrected chi connectivity index (χ0v) is 16.0. The molecule has 2 aliphatic rings. The van der Waals surface area contributed by atoms with Gasteiger partial charge in [0.1, 0.15) is 0 Å². The number of hydrogen-bond acceptors (Lipinski definition) is 7. The van der Waals surface area contributed by atoms with E-state index in [4.69, 9.17) is 4.74 Å². The van der Waals surface area contributed by atoms with Crippen LogP contribution in [0.15, 0.2) is 29.4 Å². The predicted octanol–water partition coefficient (Wildman–Crippen LogP) is 1.25. The van der Waals surface area contributed by atoms with Crippen LogP contribution in [0.4, 0.5) is 0 Å². The molecule has 2 aromatic rings. The van der Waals surface area contributed by atoms with Gasteiger partial charge in [-0.05, 0) is 34.4 Å². The first-order valence-corrected chi connectivity index (χ1v) is 10.3. The van der Waals surface area contributed by atoms with E-state index in [9.17, 15) is 4.79 Å². The van der Waals surface area contributed by atoms with Crippen LogP contribution in [0.25, 0.3) is 0 Å². The maximum atomic E-state index is 12.1. The van der Waals surface area contributed by atoms with Gasteiger partial charge >= 0.3 is 0 Å². The van der Waals surface area contributed by atoms with Gasteiger partial charge in [-0.2, -0.15) is 0 Å². The molecule has 1 N–H and O–H groups in total. The average molecular weight is 388 g/mol. The standard InChI is InChI=1S/C18H24N6O2S/c25-17(13-27-18-20-21-22-24(18)16-5-6-16)19-11-14-1-3-15(4-2-14)12-23-7-9-26-10-8-23/h1-4,16H,5-13H2,(H,19,25). The van der Waals surface area contributed by atoms with E-state index < -0.39 is 0 Å². The first kappa shape index (κ1) is 18.4. The molecule has 1 saturated carbocycles. The lowest BCUT2D eigenvalue weighted by Gasteiger charge is -2.26. The lowest BCUT2D eigenvalue weighted by Crippen LogP contribution is -2.35. The van der Waals surface area contributed by atoms with Crippen LogP contribution >= 0.6 is 11.8 Å². The molecule has 0 atom stereocenters. The summed E-state index contributed by atoms with van der Waals surface area (Å²) in [4.78, 5) is 14.5. The third-order valence-electron chi connectivity index (χ3n) is 4.71. The highest BCUT2D eigenvalue weighted by atomic mass is 32.2. The number of thioether (sulfide) groups is 1. The SMILES string of the molecule is O=C(CSc1nnnn1C1CC1)NCc1ccc(CN2CCOCC2)cc1. The number of carbonyl (C=O) groups excluding carboxylic acids is 1. The van der Waals surface area contributed by atoms with E-state index >= 15 is 0 Å². The summed E-state index contributed by atoms with van der Waals surface area (Å²) in [6.07, 6.45) is 2.23. The van der Waals surface area contributed by atoms with Crippen LogP contribution in [0.3, 0.4) is 0 Å². The van der Waals surface area contributed by atoms with Crippen molar-refractivity contribution >= 4 is 17.7 Å². The monoisotopic (exact) mass is 388 g/mol. The van der Waals surface area contributed by atoms with E-state index in [2.05, 4.69) is 50.0 Å². The van der Waals surface area contributed by atoms with E-state index in [1.165, 1.54) is 17.3 Å². The minimum Gasteiger partial charge on any atom is -0.379 e. The topological polar surface area (TPSA) is 85.2 Å². The second kappa shape index (κ2) is 8.81. The summed E-state index contributed by atoms with van der Waals surface area (Å²) in [5, 5.41) is 15.4. The van der Waals surface area contributed by atoms with Crippen molar-refractivity contribution in [2.75, 3.05) is 32.1 Å². The molecule has 0 unspecified atom stereocenters. The fourth-order valence-electron chi connectivity index (χ4n) is 2.99. The van der Waals surface area contributed by atoms with Crippen molar-refractivity contribution in [3.63, 3.8) is 0 Å². The molecule has 4 rings (SSSR count). The summed E-state index contributed by atoms with van der Waals surface area (Å²) in [5.41, 5.74) is 2.39. The van der Waals surface area contributed by atoms with Crippen LogP contribution in [0, 0.1) is 0 Å². The normalized spacial score (nSPS) is 17.8. The predicted molar refractivity (Wildman–Crippen MR) is 101 cm³/mol. The molecule has 27 heavy (non-hydrogen) atoms. The number of amides is 1. The zero-order chi connectivity index (χ0) is 18.5. The Hall–Kier alpha value is -1.97. The summed E-state index contributed by atoms with van der Waals surface area (Å²) in [6, 6.07) is 8.85. The van der Waals surface area contributed by atoms with Crippen LogP contribution < -0.4 is 5.32 Å². The van der Waals surface area contributed by atoms with Gasteiger partial charge in [-0.25, -0.2) is 4.68 Å². The van der Waals surface area contributed by atoms with Crippen LogP contribution in [-0.4, -0.2) is 63.1 Å². The fraction of sp³-hybridized carbons (Fsp3) is 0.556. The van der Waals surface area contributed by atoms with E-state index in [0.29, 0.717) is 18.3 Å². The highest BCUT2D eigenvalue weighted by Gasteiger charge is 2.28. The largest absolute Gasteiger partial charge is 0.379 e. The van der Waals surface area contributed by atoms with Gasteiger partial charge in [0, 0.05) is 26.2 Å². The Morgan fingerprint density at radius 3 is 2.67 bits per heavy atom. The molecule has 2 heterocycles. The smallest absolute Gasteiger partial charge is 0.230 e. The van der Waals surface area contributed by atoms with Gasteiger partial charge in [-0.15, -0.1) is 5.10 Å². The van der Waals surface area contributed by atoms with Crippen molar-refractivity contribution in [2.24, 2.45) is 0 Å². The maximum Gasteiger partial charge on any atom is 0.230 e. The Kier molecular flexibility index (Phi) is 6.00. The molecule has 0 bridgehead atoms. The molecule has 1 aliphatic heterocycles. The zero-order valence-electron chi connectivity index (χ0n) is 15.2. The van der Waals surface area contributed by atoms with Gasteiger partial charge in [-0.3, -0.25) is 9.69 Å². The number of nitrogens with zero attached hydrogens (tertiary/aromatic N) is 5. The highest BCUT2D eigenvalue weighted by Crippen LogP contribution is 2.36. The van der Waals surface area contributed by atoms with Gasteiger partial charge in [0.25, 0.3) is 0 Å². The Labute approximate surface area is 162 Å². The number of rotatable bonds is 8. The minimum absolute atomic E-state index is 0.0114. The number of aromatic nitrogens is 4. The van der Waals surface area contributed by atoms with Crippen molar-refractivity contribution in [1.29, 1.82) is 0 Å². The van der Waals surface area contributed by atoms with Crippen molar-refractivity contribution in [3.05, 3.63) is 35.4 Å². The summed E-state index contributed by atoms with van der Waals surface area (Å²) < 4.78 is 7.20. The van der Waals surface area contributed by atoms with Crippen LogP contribution in [-0.2, 0) is 22.6 Å². The molecule has 0 spiro atoms. The van der Waals surface area contributed by atoms with Gasteiger partial charge in [-0.1, -0.05) is 36.0 Å². The Bertz CT molecular complexity index is 755. The van der Waals surface area contributed by atoms with Gasteiger partial charge in [0.2, 0.25) is 11.1 Å². The third kappa shape index (κ3) is 5.27. The first-order valence-electron chi connectivity index (χ1n) is 9.33. The van der Waals surface area contributed by atoms with Crippen molar-refractivity contribution < 1.29 is 9.53 Å². The molecular formula is C18H24N6O2S. The van der Waals surface area contributed by atoms with Crippen LogP contribution in [0.5, 0.6) is 0 Å². The molecule has 2 fully saturated rings. The number of tetrazole rings is 1. The summed E-state index contributed by atoms with van der Waals surface area (Å²) >= 11 is 1.39. The molecular weight excluding hydrogens is 364 g/mol. The van der Waals surface area contributed by atoms with E-state index in [-0.39, 0.29) is 5.91 Å². The highest BCUT2D eigenvalue weighted by molar-refractivity contribution is 7.99. The Morgan fingerprint density at radius 2 is 1.93 bits per heavy atom. The van der Waals surface area contributed by atoms with Crippen molar-refractivity contribution in [2.45, 2.75) is 37.1 Å². The van der Waals surface area contributed by atoms with E-state index in [0.717, 1.165) is 56.4 Å². The summed E-state index contributed by atoms with van der Waals surface area (Å²) in [7, 11) is 0. The van der Waals surface area contributed by atoms with E-state index in [1.54, 1.807) is 0 Å². The second-order valence-electron chi connectivity index (χ2n) is 6.91. The lowest BCUT2D eigenvalue weighted by atomic mass is 10.1. The lowest BCUT2D eigenvalue weighted by molar-refractivity contribution is -0.118. The molecule has 1 amide bonds. The summed E-state index contributed by atoms with van der Waals surface area (Å²) in [6.45, 7) is 5.08. The number of ether oxygens (including phenoxy) is 1. The van der Waals surface area contributed by atoms with Crippen molar-refractivity contribution in [3.8, 4) is 0 Å². The van der Waals surface area contributed by atoms with Gasteiger partial charge in [0.15, 0.2) is 0 Å². The maximum absolute atomic E-state index is 12.1. The Balaban J connectivity index is 1.20. The van der Waals surface area contributed by atoms with Crippen LogP contribution in [0.2, 0.25) is 0 Å². The number of benzene rings is 1. The van der Waals surface area contributed by atoms with Crippen molar-refractivity contribution in [1.82, 2.24) is 30.4 Å². The Morgan fingerprint density at radius 1 is 1.19 bits per heavy atom. The summed E-state index contributed by atoms with van der Waals surface area (Å²) in [5.74, 6) is 0.310. The van der Waals surface area contributed by atoms with Gasteiger partial charge in [0.05, 0.1) is 25.0 Å². The minimum atomic E-state index is -0.0114. The number of nitrogens with one attached hydrogen (secondary N) is 1. The second-order valence-corrected chi connectivity index (χ2v) is 7.85. The quantitative estimate of drug-likeness (QED) is 0.681. The first-order chi connectivity index (χ1) is 13.3. The molecule has 9 heteroatoms. The third-order valence-corrected chi connectivity index (χ3v) is 5.64. The number of carbonyl (C=O) groups is 1. The molecule has 1 aromatic carbocycles.